The molecule has 13 heteroatoms. The minimum atomic E-state index is -0.730. The fourth-order valence-electron chi connectivity index (χ4n) is 4.62. The Labute approximate surface area is 251 Å². The van der Waals surface area contributed by atoms with Gasteiger partial charge in [0.25, 0.3) is 0 Å². The highest BCUT2D eigenvalue weighted by atomic mass is 32.1. The van der Waals surface area contributed by atoms with Crippen molar-refractivity contribution in [1.82, 2.24) is 24.5 Å². The van der Waals surface area contributed by atoms with E-state index in [-0.39, 0.29) is 24.9 Å². The molecule has 2 N–H and O–H groups in total. The summed E-state index contributed by atoms with van der Waals surface area (Å²) in [7, 11) is 0. The Morgan fingerprint density at radius 2 is 1.90 bits per heavy atom. The third kappa shape index (κ3) is 7.88. The maximum Gasteiger partial charge on any atom is 0.416 e. The molecule has 4 rings (SSSR count). The van der Waals surface area contributed by atoms with Crippen LogP contribution in [-0.2, 0) is 16.0 Å². The Hall–Kier alpha value is -3.45. The quantitative estimate of drug-likeness (QED) is 0.371. The number of hydrogen-bond acceptors (Lipinski definition) is 10. The molecule has 1 saturated heterocycles. The zero-order valence-corrected chi connectivity index (χ0v) is 26.6. The Morgan fingerprint density at radius 1 is 1.19 bits per heavy atom. The second-order valence-corrected chi connectivity index (χ2v) is 13.9. The highest BCUT2D eigenvalue weighted by molar-refractivity contribution is 7.09. The van der Waals surface area contributed by atoms with Crippen LogP contribution in [0, 0.1) is 5.92 Å². The van der Waals surface area contributed by atoms with Gasteiger partial charge in [-0.15, -0.1) is 11.3 Å². The summed E-state index contributed by atoms with van der Waals surface area (Å²) in [6.45, 7) is 16.4. The van der Waals surface area contributed by atoms with Crippen LogP contribution in [0.25, 0.3) is 5.65 Å². The summed E-state index contributed by atoms with van der Waals surface area (Å²) >= 11 is 1.45. The van der Waals surface area contributed by atoms with Crippen LogP contribution in [0.3, 0.4) is 0 Å². The molecule has 0 aliphatic carbocycles. The van der Waals surface area contributed by atoms with Crippen molar-refractivity contribution in [3.8, 4) is 0 Å². The number of likely N-dealkylation sites (tertiary alicyclic amines) is 1. The first-order valence-electron chi connectivity index (χ1n) is 14.3. The first kappa shape index (κ1) is 31.5. The Kier molecular flexibility index (Phi) is 9.31. The molecule has 0 bridgehead atoms. The van der Waals surface area contributed by atoms with E-state index in [1.807, 2.05) is 46.9 Å². The smallest absolute Gasteiger partial charge is 0.416 e. The predicted molar refractivity (Wildman–Crippen MR) is 162 cm³/mol. The van der Waals surface area contributed by atoms with Crippen molar-refractivity contribution in [2.24, 2.45) is 5.92 Å². The van der Waals surface area contributed by atoms with E-state index in [1.54, 1.807) is 27.9 Å². The zero-order chi connectivity index (χ0) is 30.8. The summed E-state index contributed by atoms with van der Waals surface area (Å²) in [6.07, 6.45) is 2.39. The van der Waals surface area contributed by atoms with E-state index in [0.29, 0.717) is 36.8 Å². The Bertz CT molecular complexity index is 1380. The molecule has 3 aromatic heterocycles. The average Bonchev–Trinajstić information content (AvgIpc) is 3.54. The summed E-state index contributed by atoms with van der Waals surface area (Å²) in [5.74, 6) is 1.05. The number of aromatic nitrogens is 4. The number of carbonyl (C=O) groups excluding carboxylic acids is 2. The molecule has 230 valence electrons. The van der Waals surface area contributed by atoms with Crippen molar-refractivity contribution < 1.29 is 24.2 Å². The second kappa shape index (κ2) is 12.4. The normalized spacial score (nSPS) is 17.9. The second-order valence-electron chi connectivity index (χ2n) is 12.9. The van der Waals surface area contributed by atoms with Crippen molar-refractivity contribution >= 4 is 40.8 Å². The van der Waals surface area contributed by atoms with Gasteiger partial charge in [0, 0.05) is 42.2 Å². The molecule has 12 nitrogen and oxygen atoms in total. The molecule has 0 radical (unpaired) electrons. The van der Waals surface area contributed by atoms with E-state index in [1.165, 1.54) is 16.2 Å². The van der Waals surface area contributed by atoms with Crippen LogP contribution in [0.5, 0.6) is 0 Å². The van der Waals surface area contributed by atoms with Gasteiger partial charge >= 0.3 is 12.2 Å². The Balaban J connectivity index is 1.61. The number of aliphatic hydroxyl groups is 1. The van der Waals surface area contributed by atoms with Crippen LogP contribution in [-0.4, -0.2) is 78.7 Å². The van der Waals surface area contributed by atoms with Crippen molar-refractivity contribution in [3.05, 3.63) is 34.4 Å². The number of hydrogen-bond donors (Lipinski definition) is 2. The van der Waals surface area contributed by atoms with Gasteiger partial charge in [0.1, 0.15) is 27.8 Å². The number of ether oxygens (including phenoxy) is 2. The largest absolute Gasteiger partial charge is 0.444 e. The molecule has 42 heavy (non-hydrogen) atoms. The van der Waals surface area contributed by atoms with Crippen molar-refractivity contribution in [2.75, 3.05) is 29.9 Å². The molecule has 1 aliphatic heterocycles. The predicted octanol–water partition coefficient (Wildman–Crippen LogP) is 5.28. The summed E-state index contributed by atoms with van der Waals surface area (Å²) in [6, 6.07) is 1.77. The van der Waals surface area contributed by atoms with E-state index in [9.17, 15) is 14.7 Å². The number of nitrogens with one attached hydrogen (secondary N) is 1. The molecular weight excluding hydrogens is 558 g/mol. The van der Waals surface area contributed by atoms with Crippen LogP contribution >= 0.6 is 11.3 Å². The lowest BCUT2D eigenvalue weighted by Crippen LogP contribution is -2.49. The van der Waals surface area contributed by atoms with Gasteiger partial charge in [-0.25, -0.2) is 19.6 Å². The number of nitrogens with zero attached hydrogens (tertiary/aromatic N) is 6. The number of fused-ring (bicyclic) bond motifs is 1. The maximum atomic E-state index is 13.5. The first-order valence-corrected chi connectivity index (χ1v) is 15.2. The number of amides is 2. The van der Waals surface area contributed by atoms with Crippen LogP contribution in [0.1, 0.15) is 78.3 Å². The molecule has 2 amide bonds. The lowest BCUT2D eigenvalue weighted by Gasteiger charge is -2.36. The van der Waals surface area contributed by atoms with Gasteiger partial charge in [0.2, 0.25) is 0 Å². The highest BCUT2D eigenvalue weighted by Gasteiger charge is 2.33. The Morgan fingerprint density at radius 3 is 2.50 bits per heavy atom. The van der Waals surface area contributed by atoms with Gasteiger partial charge in [-0.1, -0.05) is 13.8 Å². The minimum Gasteiger partial charge on any atom is -0.444 e. The molecule has 0 spiro atoms. The molecule has 1 fully saturated rings. The maximum absolute atomic E-state index is 13.5. The number of carbonyl (C=O) groups is 2. The number of aliphatic hydroxyl groups excluding tert-OH is 1. The number of β-amino-alcohol motifs (C(OH)–C–C–N with tert-alkyl or cyclic N) is 1. The summed E-state index contributed by atoms with van der Waals surface area (Å²) in [4.78, 5) is 38.3. The number of anilines is 2. The lowest BCUT2D eigenvalue weighted by atomic mass is 9.94. The number of rotatable bonds is 7. The van der Waals surface area contributed by atoms with E-state index in [0.717, 1.165) is 10.6 Å². The van der Waals surface area contributed by atoms with Gasteiger partial charge < -0.3 is 24.8 Å². The van der Waals surface area contributed by atoms with Gasteiger partial charge in [0.05, 0.1) is 25.4 Å². The van der Waals surface area contributed by atoms with Gasteiger partial charge in [-0.3, -0.25) is 4.90 Å². The standard InChI is InChI=1S/C29H43N7O5S/c1-18(2)20-15-32-36-24(35(17-23-30-10-12-42-23)27(39)41-29(6,7)8)13-22(33-25(20)36)31-14-19-9-11-34(16-21(19)37)26(38)40-28(3,4)5/h10,12-13,15,18-19,21,37H,9,11,14,16-17H2,1-8H3,(H,31,33)/t19-,21+/m1/s1. The minimum absolute atomic E-state index is 0.114. The van der Waals surface area contributed by atoms with Crippen LogP contribution in [0.4, 0.5) is 21.2 Å². The molecular formula is C29H43N7O5S. The van der Waals surface area contributed by atoms with E-state index in [2.05, 4.69) is 29.2 Å². The molecule has 2 atom stereocenters. The van der Waals surface area contributed by atoms with Crippen LogP contribution in [0.15, 0.2) is 23.8 Å². The average molecular weight is 602 g/mol. The van der Waals surface area contributed by atoms with Gasteiger partial charge in [0.15, 0.2) is 5.65 Å². The highest BCUT2D eigenvalue weighted by Crippen LogP contribution is 2.29. The summed E-state index contributed by atoms with van der Waals surface area (Å²) in [5, 5.41) is 21.5. The molecule has 0 aromatic carbocycles. The number of thiazole rings is 1. The van der Waals surface area contributed by atoms with Crippen molar-refractivity contribution in [3.63, 3.8) is 0 Å². The van der Waals surface area contributed by atoms with Gasteiger partial charge in [-0.05, 0) is 53.9 Å². The molecule has 0 saturated carbocycles. The fourth-order valence-corrected chi connectivity index (χ4v) is 5.23. The van der Waals surface area contributed by atoms with E-state index >= 15 is 0 Å². The third-order valence-corrected chi connectivity index (χ3v) is 7.45. The summed E-state index contributed by atoms with van der Waals surface area (Å²) in [5.41, 5.74) is 0.253. The number of piperidine rings is 1. The topological polar surface area (TPSA) is 134 Å². The first-order chi connectivity index (χ1) is 19.6. The fraction of sp³-hybridized carbons (Fsp3) is 0.621. The zero-order valence-electron chi connectivity index (χ0n) is 25.7. The molecule has 4 heterocycles. The lowest BCUT2D eigenvalue weighted by molar-refractivity contribution is -0.0104. The van der Waals surface area contributed by atoms with Gasteiger partial charge in [-0.2, -0.15) is 9.61 Å². The monoisotopic (exact) mass is 601 g/mol. The molecule has 3 aromatic rings. The van der Waals surface area contributed by atoms with E-state index < -0.39 is 29.5 Å². The summed E-state index contributed by atoms with van der Waals surface area (Å²) < 4.78 is 12.9. The van der Waals surface area contributed by atoms with Crippen molar-refractivity contribution in [2.45, 2.75) is 91.6 Å². The SMILES string of the molecule is CC(C)c1cnn2c(N(Cc3nccs3)C(=O)OC(C)(C)C)cc(NC[C@H]3CCN(C(=O)OC(C)(C)C)C[C@@H]3O)nc12. The van der Waals surface area contributed by atoms with Crippen LogP contribution < -0.4 is 10.2 Å². The molecule has 1 aliphatic rings. The molecule has 0 unspecified atom stereocenters. The third-order valence-electron chi connectivity index (χ3n) is 6.69. The van der Waals surface area contributed by atoms with Crippen LogP contribution in [0.2, 0.25) is 0 Å². The van der Waals surface area contributed by atoms with Crippen molar-refractivity contribution in [1.29, 1.82) is 0 Å². The van der Waals surface area contributed by atoms with E-state index in [4.69, 9.17) is 14.5 Å².